The van der Waals surface area contributed by atoms with Gasteiger partial charge in [-0.2, -0.15) is 0 Å². The predicted octanol–water partition coefficient (Wildman–Crippen LogP) is 3.42. The summed E-state index contributed by atoms with van der Waals surface area (Å²) in [5, 5.41) is 13.4. The first-order chi connectivity index (χ1) is 10.8. The normalized spacial score (nSPS) is 17.9. The Bertz CT molecular complexity index is 520. The van der Waals surface area contributed by atoms with Crippen molar-refractivity contribution < 1.29 is 9.90 Å². The molecule has 1 aromatic carbocycles. The fraction of sp³-hybridized carbons (Fsp3) is 0.611. The van der Waals surface area contributed by atoms with E-state index in [0.29, 0.717) is 25.6 Å². The van der Waals surface area contributed by atoms with Gasteiger partial charge < -0.3 is 15.3 Å². The summed E-state index contributed by atoms with van der Waals surface area (Å²) in [6.07, 6.45) is 1.45. The molecule has 128 valence electrons. The van der Waals surface area contributed by atoms with Crippen LogP contribution >= 0.6 is 11.6 Å². The second kappa shape index (κ2) is 7.54. The summed E-state index contributed by atoms with van der Waals surface area (Å²) in [7, 11) is 0. The van der Waals surface area contributed by atoms with Crippen molar-refractivity contribution in [3.63, 3.8) is 0 Å². The fourth-order valence-corrected chi connectivity index (χ4v) is 3.12. The minimum Gasteiger partial charge on any atom is -0.393 e. The highest BCUT2D eigenvalue weighted by Gasteiger charge is 2.27. The van der Waals surface area contributed by atoms with Gasteiger partial charge in [-0.3, -0.25) is 0 Å². The Balaban J connectivity index is 1.85. The lowest BCUT2D eigenvalue weighted by Gasteiger charge is -2.34. The minimum absolute atomic E-state index is 0.0175. The first kappa shape index (κ1) is 18.1. The largest absolute Gasteiger partial charge is 0.393 e. The van der Waals surface area contributed by atoms with Gasteiger partial charge in [-0.1, -0.05) is 37.6 Å². The molecule has 2 N–H and O–H groups in total. The number of piperidine rings is 1. The Morgan fingerprint density at radius 1 is 1.35 bits per heavy atom. The van der Waals surface area contributed by atoms with Crippen molar-refractivity contribution in [2.75, 3.05) is 19.6 Å². The van der Waals surface area contributed by atoms with E-state index >= 15 is 0 Å². The first-order valence-electron chi connectivity index (χ1n) is 8.26. The molecule has 1 aliphatic rings. The summed E-state index contributed by atoms with van der Waals surface area (Å²) in [6.45, 7) is 8.04. The molecule has 1 fully saturated rings. The van der Waals surface area contributed by atoms with Crippen molar-refractivity contribution >= 4 is 17.6 Å². The van der Waals surface area contributed by atoms with Gasteiger partial charge in [0.2, 0.25) is 0 Å². The standard InChI is InChI=1S/C18H27ClN2O2/c1-13(22)14-8-10-21(11-9-14)17(23)20-12-18(2,3)15-4-6-16(19)7-5-15/h4-7,13-14,22H,8-12H2,1-3H3,(H,20,23). The highest BCUT2D eigenvalue weighted by Crippen LogP contribution is 2.24. The number of amides is 2. The quantitative estimate of drug-likeness (QED) is 0.883. The highest BCUT2D eigenvalue weighted by molar-refractivity contribution is 6.30. The predicted molar refractivity (Wildman–Crippen MR) is 93.9 cm³/mol. The van der Waals surface area contributed by atoms with Gasteiger partial charge in [0.15, 0.2) is 0 Å². The molecule has 1 unspecified atom stereocenters. The number of urea groups is 1. The number of hydrogen-bond donors (Lipinski definition) is 2. The van der Waals surface area contributed by atoms with Crippen LogP contribution in [0.1, 0.15) is 39.2 Å². The Hall–Kier alpha value is -1.26. The first-order valence-corrected chi connectivity index (χ1v) is 8.64. The summed E-state index contributed by atoms with van der Waals surface area (Å²) in [5.74, 6) is 0.310. The maximum Gasteiger partial charge on any atom is 0.317 e. The molecule has 1 heterocycles. The van der Waals surface area contributed by atoms with Crippen LogP contribution in [0, 0.1) is 5.92 Å². The van der Waals surface area contributed by atoms with Gasteiger partial charge >= 0.3 is 6.03 Å². The van der Waals surface area contributed by atoms with Crippen LogP contribution in [0.15, 0.2) is 24.3 Å². The molecular weight excluding hydrogens is 312 g/mol. The number of rotatable bonds is 4. The van der Waals surface area contributed by atoms with Gasteiger partial charge in [0, 0.05) is 30.1 Å². The average Bonchev–Trinajstić information content (AvgIpc) is 2.53. The zero-order valence-electron chi connectivity index (χ0n) is 14.2. The lowest BCUT2D eigenvalue weighted by molar-refractivity contribution is 0.0796. The summed E-state index contributed by atoms with van der Waals surface area (Å²) in [4.78, 5) is 14.2. The Labute approximate surface area is 143 Å². The van der Waals surface area contributed by atoms with E-state index in [2.05, 4.69) is 19.2 Å². The van der Waals surface area contributed by atoms with Crippen molar-refractivity contribution in [2.24, 2.45) is 5.92 Å². The number of aliphatic hydroxyl groups is 1. The third-order valence-electron chi connectivity index (χ3n) is 4.82. The molecule has 2 rings (SSSR count). The molecule has 0 radical (unpaired) electrons. The number of hydrogen-bond acceptors (Lipinski definition) is 2. The Morgan fingerprint density at radius 3 is 2.43 bits per heavy atom. The second-order valence-corrected chi connectivity index (χ2v) is 7.55. The van der Waals surface area contributed by atoms with E-state index in [0.717, 1.165) is 23.4 Å². The van der Waals surface area contributed by atoms with Crippen LogP contribution < -0.4 is 5.32 Å². The molecule has 1 saturated heterocycles. The van der Waals surface area contributed by atoms with Gasteiger partial charge in [0.1, 0.15) is 0 Å². The molecule has 1 atom stereocenters. The number of benzene rings is 1. The second-order valence-electron chi connectivity index (χ2n) is 7.11. The number of aliphatic hydroxyl groups excluding tert-OH is 1. The Kier molecular flexibility index (Phi) is 5.93. The molecule has 5 heteroatoms. The zero-order valence-corrected chi connectivity index (χ0v) is 14.9. The van der Waals surface area contributed by atoms with Crippen molar-refractivity contribution in [3.05, 3.63) is 34.9 Å². The van der Waals surface area contributed by atoms with Crippen LogP contribution in [0.2, 0.25) is 5.02 Å². The third-order valence-corrected chi connectivity index (χ3v) is 5.07. The summed E-state index contributed by atoms with van der Waals surface area (Å²) >= 11 is 5.93. The van der Waals surface area contributed by atoms with Gasteiger partial charge in [-0.05, 0) is 43.4 Å². The number of likely N-dealkylation sites (tertiary alicyclic amines) is 1. The lowest BCUT2D eigenvalue weighted by Crippen LogP contribution is -2.48. The average molecular weight is 339 g/mol. The number of nitrogens with zero attached hydrogens (tertiary/aromatic N) is 1. The van der Waals surface area contributed by atoms with E-state index in [9.17, 15) is 9.90 Å². The molecule has 4 nitrogen and oxygen atoms in total. The Morgan fingerprint density at radius 2 is 1.91 bits per heavy atom. The van der Waals surface area contributed by atoms with Gasteiger partial charge in [-0.25, -0.2) is 4.79 Å². The molecule has 2 amide bonds. The van der Waals surface area contributed by atoms with E-state index in [1.807, 2.05) is 36.1 Å². The summed E-state index contributed by atoms with van der Waals surface area (Å²) in [6, 6.07) is 7.74. The maximum atomic E-state index is 12.3. The molecule has 0 bridgehead atoms. The minimum atomic E-state index is -0.288. The third kappa shape index (κ3) is 4.85. The van der Waals surface area contributed by atoms with Crippen molar-refractivity contribution in [2.45, 2.75) is 45.1 Å². The molecule has 0 spiro atoms. The number of nitrogens with one attached hydrogen (secondary N) is 1. The molecule has 0 saturated carbocycles. The smallest absolute Gasteiger partial charge is 0.317 e. The monoisotopic (exact) mass is 338 g/mol. The molecule has 1 aliphatic heterocycles. The van der Waals surface area contributed by atoms with Crippen molar-refractivity contribution in [1.82, 2.24) is 10.2 Å². The summed E-state index contributed by atoms with van der Waals surface area (Å²) < 4.78 is 0. The molecular formula is C18H27ClN2O2. The van der Waals surface area contributed by atoms with Crippen LogP contribution in [-0.4, -0.2) is 41.8 Å². The van der Waals surface area contributed by atoms with Crippen LogP contribution in [0.4, 0.5) is 4.79 Å². The number of halogens is 1. The van der Waals surface area contributed by atoms with Crippen LogP contribution in [0.25, 0.3) is 0 Å². The highest BCUT2D eigenvalue weighted by atomic mass is 35.5. The lowest BCUT2D eigenvalue weighted by atomic mass is 9.84. The molecule has 0 aromatic heterocycles. The SMILES string of the molecule is CC(O)C1CCN(C(=O)NCC(C)(C)c2ccc(Cl)cc2)CC1. The van der Waals surface area contributed by atoms with E-state index < -0.39 is 0 Å². The van der Waals surface area contributed by atoms with Gasteiger partial charge in [-0.15, -0.1) is 0 Å². The van der Waals surface area contributed by atoms with Gasteiger partial charge in [0.05, 0.1) is 6.10 Å². The molecule has 0 aliphatic carbocycles. The van der Waals surface area contributed by atoms with E-state index in [-0.39, 0.29) is 17.6 Å². The van der Waals surface area contributed by atoms with Crippen molar-refractivity contribution in [3.8, 4) is 0 Å². The summed E-state index contributed by atoms with van der Waals surface area (Å²) in [5.41, 5.74) is 0.994. The maximum absolute atomic E-state index is 12.3. The molecule has 1 aromatic rings. The fourth-order valence-electron chi connectivity index (χ4n) is 3.00. The topological polar surface area (TPSA) is 52.6 Å². The zero-order chi connectivity index (χ0) is 17.0. The number of carbonyl (C=O) groups is 1. The van der Waals surface area contributed by atoms with E-state index in [4.69, 9.17) is 11.6 Å². The van der Waals surface area contributed by atoms with Crippen LogP contribution in [0.5, 0.6) is 0 Å². The van der Waals surface area contributed by atoms with Crippen LogP contribution in [-0.2, 0) is 5.41 Å². The van der Waals surface area contributed by atoms with E-state index in [1.54, 1.807) is 0 Å². The van der Waals surface area contributed by atoms with Crippen molar-refractivity contribution in [1.29, 1.82) is 0 Å². The van der Waals surface area contributed by atoms with Crippen LogP contribution in [0.3, 0.4) is 0 Å². The van der Waals surface area contributed by atoms with E-state index in [1.165, 1.54) is 0 Å². The number of carbonyl (C=O) groups excluding carboxylic acids is 1. The molecule has 23 heavy (non-hydrogen) atoms. The van der Waals surface area contributed by atoms with Gasteiger partial charge in [0.25, 0.3) is 0 Å².